The number of carboxylic acid groups (broad SMARTS) is 1. The molecule has 0 radical (unpaired) electrons. The van der Waals surface area contributed by atoms with Gasteiger partial charge >= 0.3 is 5.97 Å². The number of fused-ring (bicyclic) bond motifs is 2. The Kier molecular flexibility index (Phi) is 7.97. The second-order valence-corrected chi connectivity index (χ2v) is 14.0. The standard InChI is InChI=1S/C35H46FNO5/c1-19-23-15-12-16-41-30(23)26(36)17-24(19)27-20(2)25-18-37(22-13-10-9-11-14-22)33(40)35(7,8)29(25)21(3)28(27)31(32(38)39)42-34(4,5)6/h17,22,31H,9-16,18H2,1-8H3,(H,38,39)/t31-/m1/s1. The van der Waals surface area contributed by atoms with Gasteiger partial charge in [0.25, 0.3) is 0 Å². The average molecular weight is 580 g/mol. The summed E-state index contributed by atoms with van der Waals surface area (Å²) >= 11 is 0. The third-order valence-corrected chi connectivity index (χ3v) is 9.61. The Balaban J connectivity index is 1.84. The number of benzene rings is 2. The van der Waals surface area contributed by atoms with Crippen molar-refractivity contribution in [3.05, 3.63) is 50.8 Å². The van der Waals surface area contributed by atoms with E-state index in [1.807, 2.05) is 55.4 Å². The van der Waals surface area contributed by atoms with Gasteiger partial charge in [-0.1, -0.05) is 19.3 Å². The minimum atomic E-state index is -1.30. The van der Waals surface area contributed by atoms with Crippen LogP contribution in [0.1, 0.15) is 118 Å². The van der Waals surface area contributed by atoms with E-state index >= 15 is 4.39 Å². The molecule has 3 aliphatic rings. The van der Waals surface area contributed by atoms with E-state index in [0.29, 0.717) is 42.0 Å². The maximum atomic E-state index is 15.7. The van der Waals surface area contributed by atoms with Crippen molar-refractivity contribution in [2.24, 2.45) is 0 Å². The van der Waals surface area contributed by atoms with Crippen LogP contribution in [0.5, 0.6) is 5.75 Å². The smallest absolute Gasteiger partial charge is 0.337 e. The number of carbonyl (C=O) groups excluding carboxylic acids is 1. The summed E-state index contributed by atoms with van der Waals surface area (Å²) in [6, 6.07) is 1.70. The van der Waals surface area contributed by atoms with E-state index in [-0.39, 0.29) is 11.9 Å². The van der Waals surface area contributed by atoms with Crippen molar-refractivity contribution in [2.45, 2.75) is 130 Å². The van der Waals surface area contributed by atoms with E-state index in [9.17, 15) is 14.7 Å². The second-order valence-electron chi connectivity index (χ2n) is 14.0. The molecule has 2 heterocycles. The highest BCUT2D eigenvalue weighted by atomic mass is 19.1. The Bertz CT molecular complexity index is 1430. The van der Waals surface area contributed by atoms with Crippen molar-refractivity contribution in [1.29, 1.82) is 0 Å². The summed E-state index contributed by atoms with van der Waals surface area (Å²) in [6.07, 6.45) is 5.60. The largest absolute Gasteiger partial charge is 0.490 e. The molecule has 1 N–H and O–H groups in total. The molecule has 0 bridgehead atoms. The fourth-order valence-electron chi connectivity index (χ4n) is 7.71. The number of hydrogen-bond acceptors (Lipinski definition) is 4. The van der Waals surface area contributed by atoms with Crippen molar-refractivity contribution >= 4 is 11.9 Å². The highest BCUT2D eigenvalue weighted by Gasteiger charge is 2.46. The Hall–Kier alpha value is -2.93. The summed E-state index contributed by atoms with van der Waals surface area (Å²) in [5, 5.41) is 10.6. The van der Waals surface area contributed by atoms with Gasteiger partial charge in [0.05, 0.1) is 17.6 Å². The zero-order chi connectivity index (χ0) is 30.7. The number of ether oxygens (including phenoxy) is 2. The molecule has 0 spiro atoms. The van der Waals surface area contributed by atoms with Crippen molar-refractivity contribution in [3.63, 3.8) is 0 Å². The van der Waals surface area contributed by atoms with Gasteiger partial charge in [0.15, 0.2) is 17.7 Å². The van der Waals surface area contributed by atoms with Crippen molar-refractivity contribution < 1.29 is 28.6 Å². The number of aliphatic carboxylic acids is 1. The van der Waals surface area contributed by atoms with E-state index < -0.39 is 28.9 Å². The Morgan fingerprint density at radius 3 is 2.36 bits per heavy atom. The van der Waals surface area contributed by atoms with Gasteiger partial charge in [-0.15, -0.1) is 0 Å². The number of hydrogen-bond donors (Lipinski definition) is 1. The first kappa shape index (κ1) is 30.5. The second kappa shape index (κ2) is 11.0. The first-order chi connectivity index (χ1) is 19.6. The van der Waals surface area contributed by atoms with Crippen LogP contribution in [0.15, 0.2) is 6.07 Å². The van der Waals surface area contributed by atoms with Crippen LogP contribution in [0.3, 0.4) is 0 Å². The Morgan fingerprint density at radius 1 is 1.07 bits per heavy atom. The molecule has 0 unspecified atom stereocenters. The van der Waals surface area contributed by atoms with Crippen LogP contribution < -0.4 is 4.74 Å². The summed E-state index contributed by atoms with van der Waals surface area (Å²) in [5.74, 6) is -1.17. The molecule has 2 aromatic carbocycles. The zero-order valence-corrected chi connectivity index (χ0v) is 26.5. The molecule has 5 rings (SSSR count). The monoisotopic (exact) mass is 579 g/mol. The lowest BCUT2D eigenvalue weighted by atomic mass is 9.69. The lowest BCUT2D eigenvalue weighted by Gasteiger charge is -2.46. The molecule has 1 fully saturated rings. The summed E-state index contributed by atoms with van der Waals surface area (Å²) < 4.78 is 27.7. The van der Waals surface area contributed by atoms with Gasteiger partial charge in [-0.2, -0.15) is 0 Å². The molecule has 2 aromatic rings. The van der Waals surface area contributed by atoms with Crippen LogP contribution in [-0.2, 0) is 32.7 Å². The van der Waals surface area contributed by atoms with E-state index in [1.54, 1.807) is 0 Å². The lowest BCUT2D eigenvalue weighted by Crippen LogP contribution is -2.53. The molecular formula is C35H46FNO5. The number of amides is 1. The average Bonchev–Trinajstić information content (AvgIpc) is 2.93. The van der Waals surface area contributed by atoms with Crippen LogP contribution in [-0.4, -0.2) is 40.1 Å². The molecule has 1 amide bonds. The molecule has 2 aliphatic heterocycles. The maximum Gasteiger partial charge on any atom is 0.337 e. The summed E-state index contributed by atoms with van der Waals surface area (Å²) in [6.45, 7) is 16.3. The van der Waals surface area contributed by atoms with Gasteiger partial charge in [0.2, 0.25) is 5.91 Å². The van der Waals surface area contributed by atoms with Gasteiger partial charge in [0, 0.05) is 23.7 Å². The van der Waals surface area contributed by atoms with Gasteiger partial charge in [-0.05, 0) is 126 Å². The molecule has 0 aromatic heterocycles. The minimum Gasteiger partial charge on any atom is -0.490 e. The number of rotatable bonds is 5. The SMILES string of the molecule is Cc1c(-c2c(C)c3c(c(C)c2[C@@H](OC(C)(C)C)C(=O)O)C(C)(C)C(=O)N(C2CCCCC2)C3)cc(F)c2c1CCCO2. The first-order valence-corrected chi connectivity index (χ1v) is 15.5. The molecule has 1 atom stereocenters. The number of halogens is 1. The van der Waals surface area contributed by atoms with Gasteiger partial charge in [-0.3, -0.25) is 4.79 Å². The van der Waals surface area contributed by atoms with Crippen LogP contribution in [0.2, 0.25) is 0 Å². The third kappa shape index (κ3) is 5.12. The molecule has 7 heteroatoms. The fraction of sp³-hybridized carbons (Fsp3) is 0.600. The van der Waals surface area contributed by atoms with Crippen molar-refractivity contribution in [1.82, 2.24) is 4.90 Å². The summed E-state index contributed by atoms with van der Waals surface area (Å²) in [7, 11) is 0. The summed E-state index contributed by atoms with van der Waals surface area (Å²) in [4.78, 5) is 29.2. The maximum absolute atomic E-state index is 15.7. The van der Waals surface area contributed by atoms with Crippen LogP contribution in [0.25, 0.3) is 11.1 Å². The topological polar surface area (TPSA) is 76.1 Å². The highest BCUT2D eigenvalue weighted by Crippen LogP contribution is 2.49. The highest BCUT2D eigenvalue weighted by molar-refractivity contribution is 5.93. The Morgan fingerprint density at radius 2 is 1.74 bits per heavy atom. The number of carbonyl (C=O) groups is 2. The first-order valence-electron chi connectivity index (χ1n) is 15.5. The van der Waals surface area contributed by atoms with E-state index in [2.05, 4.69) is 4.90 Å². The van der Waals surface area contributed by atoms with E-state index in [0.717, 1.165) is 65.5 Å². The molecule has 228 valence electrons. The predicted octanol–water partition coefficient (Wildman–Crippen LogP) is 7.64. The zero-order valence-electron chi connectivity index (χ0n) is 26.5. The van der Waals surface area contributed by atoms with Crippen molar-refractivity contribution in [2.75, 3.05) is 6.61 Å². The predicted molar refractivity (Wildman–Crippen MR) is 162 cm³/mol. The van der Waals surface area contributed by atoms with Crippen molar-refractivity contribution in [3.8, 4) is 16.9 Å². The van der Waals surface area contributed by atoms with Gasteiger partial charge in [-0.25, -0.2) is 9.18 Å². The molecule has 1 aliphatic carbocycles. The summed E-state index contributed by atoms with van der Waals surface area (Å²) in [5.41, 5.74) is 5.50. The molecule has 6 nitrogen and oxygen atoms in total. The van der Waals surface area contributed by atoms with Crippen LogP contribution >= 0.6 is 0 Å². The number of carboxylic acids is 1. The fourth-order valence-corrected chi connectivity index (χ4v) is 7.71. The Labute approximate surface area is 249 Å². The van der Waals surface area contributed by atoms with Gasteiger partial charge < -0.3 is 19.5 Å². The molecule has 1 saturated carbocycles. The molecular weight excluding hydrogens is 533 g/mol. The quantitative estimate of drug-likeness (QED) is 0.394. The molecule has 0 saturated heterocycles. The van der Waals surface area contributed by atoms with Crippen LogP contribution in [0, 0.1) is 26.6 Å². The van der Waals surface area contributed by atoms with Gasteiger partial charge in [0.1, 0.15) is 0 Å². The normalized spacial score (nSPS) is 19.6. The number of nitrogens with zero attached hydrogens (tertiary/aromatic N) is 1. The lowest BCUT2D eigenvalue weighted by molar-refractivity contribution is -0.160. The van der Waals surface area contributed by atoms with Crippen LogP contribution in [0.4, 0.5) is 4.39 Å². The van der Waals surface area contributed by atoms with E-state index in [1.165, 1.54) is 12.5 Å². The molecule has 42 heavy (non-hydrogen) atoms. The minimum absolute atomic E-state index is 0.0832. The third-order valence-electron chi connectivity index (χ3n) is 9.61. The van der Waals surface area contributed by atoms with E-state index in [4.69, 9.17) is 9.47 Å².